The van der Waals surface area contributed by atoms with Gasteiger partial charge in [0.1, 0.15) is 11.3 Å². The average Bonchev–Trinajstić information content (AvgIpc) is 2.65. The molecule has 0 saturated heterocycles. The Morgan fingerprint density at radius 3 is 2.58 bits per heavy atom. The highest BCUT2D eigenvalue weighted by atomic mass is 16.3. The molecule has 0 spiro atoms. The van der Waals surface area contributed by atoms with Gasteiger partial charge in [0.15, 0.2) is 0 Å². The van der Waals surface area contributed by atoms with Crippen LogP contribution in [0.4, 0.5) is 0 Å². The number of quaternary nitrogens is 1. The number of allylic oxidation sites excluding steroid dienone is 1. The maximum atomic E-state index is 12.8. The van der Waals surface area contributed by atoms with Crippen LogP contribution in [0.25, 0.3) is 10.9 Å². The minimum absolute atomic E-state index is 0.215. The molecule has 0 fully saturated rings. The van der Waals surface area contributed by atoms with Crippen molar-refractivity contribution in [3.8, 4) is 5.75 Å². The van der Waals surface area contributed by atoms with Crippen molar-refractivity contribution in [2.24, 2.45) is 0 Å². The fourth-order valence-electron chi connectivity index (χ4n) is 2.97. The zero-order chi connectivity index (χ0) is 19.3. The molecule has 1 amide bonds. The van der Waals surface area contributed by atoms with Gasteiger partial charge in [0.05, 0.1) is 38.7 Å². The number of hydrogen-bond donors (Lipinski definition) is 2. The third-order valence-electron chi connectivity index (χ3n) is 5.15. The number of amides is 1. The van der Waals surface area contributed by atoms with Gasteiger partial charge in [-0.1, -0.05) is 18.2 Å². The fraction of sp³-hybridized carbons (Fsp3) is 0.400. The molecular weight excluding hydrogens is 330 g/mol. The van der Waals surface area contributed by atoms with E-state index in [9.17, 15) is 14.7 Å². The van der Waals surface area contributed by atoms with Crippen LogP contribution in [0, 0.1) is 0 Å². The molecule has 0 aliphatic carbocycles. The molecule has 2 N–H and O–H groups in total. The smallest absolute Gasteiger partial charge is 0.268 e. The lowest BCUT2D eigenvalue weighted by Crippen LogP contribution is -2.48. The molecule has 2 aromatic rings. The number of benzene rings is 1. The van der Waals surface area contributed by atoms with E-state index in [1.165, 1.54) is 4.57 Å². The summed E-state index contributed by atoms with van der Waals surface area (Å²) >= 11 is 0. The first-order valence-electron chi connectivity index (χ1n) is 8.95. The number of pyridine rings is 1. The first-order chi connectivity index (χ1) is 12.4. The van der Waals surface area contributed by atoms with E-state index in [4.69, 9.17) is 0 Å². The molecule has 0 aliphatic rings. The van der Waals surface area contributed by atoms with E-state index in [2.05, 4.69) is 32.8 Å². The van der Waals surface area contributed by atoms with Crippen LogP contribution in [0.5, 0.6) is 5.75 Å². The van der Waals surface area contributed by atoms with E-state index >= 15 is 0 Å². The number of hydrogen-bond acceptors (Lipinski definition) is 3. The number of rotatable bonds is 8. The molecule has 0 saturated carbocycles. The van der Waals surface area contributed by atoms with Gasteiger partial charge in [-0.2, -0.15) is 0 Å². The molecule has 6 nitrogen and oxygen atoms in total. The number of likely N-dealkylation sites (N-methyl/N-ethyl adjacent to an activating group) is 1. The Bertz CT molecular complexity index is 866. The van der Waals surface area contributed by atoms with Gasteiger partial charge in [-0.3, -0.25) is 9.59 Å². The van der Waals surface area contributed by atoms with Gasteiger partial charge < -0.3 is 19.5 Å². The monoisotopic (exact) mass is 358 g/mol. The van der Waals surface area contributed by atoms with Crippen molar-refractivity contribution in [2.75, 3.05) is 33.2 Å². The van der Waals surface area contributed by atoms with Crippen LogP contribution < -0.4 is 10.9 Å². The van der Waals surface area contributed by atoms with Crippen molar-refractivity contribution in [1.82, 2.24) is 9.88 Å². The van der Waals surface area contributed by atoms with Gasteiger partial charge in [-0.25, -0.2) is 0 Å². The van der Waals surface area contributed by atoms with Crippen LogP contribution in [-0.4, -0.2) is 53.3 Å². The number of carbonyl (C=O) groups excluding carboxylic acids is 1. The number of fused-ring (bicyclic) bond motifs is 1. The fourth-order valence-corrected chi connectivity index (χ4v) is 2.97. The number of carbonyl (C=O) groups is 1. The van der Waals surface area contributed by atoms with Gasteiger partial charge in [0.2, 0.25) is 0 Å². The van der Waals surface area contributed by atoms with Crippen molar-refractivity contribution in [3.63, 3.8) is 0 Å². The van der Waals surface area contributed by atoms with Gasteiger partial charge in [-0.05, 0) is 26.0 Å². The lowest BCUT2D eigenvalue weighted by Gasteiger charge is -2.32. The summed E-state index contributed by atoms with van der Waals surface area (Å²) in [6.07, 6.45) is 1.60. The standard InChI is InChI=1S/C20H27N3O3/c1-5-13-22-16-11-9-8-10-15(16)18(24)17(20(22)26)19(25)21-12-14-23(4,6-2)7-3/h5,8-11H,1,6-7,12-14H2,2-4H3,(H-,21,24,25,26)/p+1. The molecule has 0 radical (unpaired) electrons. The normalized spacial score (nSPS) is 11.5. The van der Waals surface area contributed by atoms with Crippen molar-refractivity contribution >= 4 is 16.8 Å². The first kappa shape index (κ1) is 19.7. The topological polar surface area (TPSA) is 71.3 Å². The summed E-state index contributed by atoms with van der Waals surface area (Å²) in [6, 6.07) is 6.99. The van der Waals surface area contributed by atoms with Gasteiger partial charge in [-0.15, -0.1) is 6.58 Å². The van der Waals surface area contributed by atoms with Crippen molar-refractivity contribution in [2.45, 2.75) is 20.4 Å². The minimum Gasteiger partial charge on any atom is -0.506 e. The lowest BCUT2D eigenvalue weighted by molar-refractivity contribution is -0.904. The molecule has 0 unspecified atom stereocenters. The van der Waals surface area contributed by atoms with Crippen LogP contribution in [0.15, 0.2) is 41.7 Å². The molecule has 0 atom stereocenters. The predicted molar refractivity (Wildman–Crippen MR) is 105 cm³/mol. The highest BCUT2D eigenvalue weighted by Gasteiger charge is 2.23. The Labute approximate surface area is 154 Å². The van der Waals surface area contributed by atoms with E-state index in [1.54, 1.807) is 30.3 Å². The third kappa shape index (κ3) is 3.80. The molecular formula is C20H28N3O3+. The van der Waals surface area contributed by atoms with Gasteiger partial charge in [0.25, 0.3) is 11.5 Å². The predicted octanol–water partition coefficient (Wildman–Crippen LogP) is 2.11. The Balaban J connectivity index is 2.38. The quantitative estimate of drug-likeness (QED) is 0.561. The zero-order valence-corrected chi connectivity index (χ0v) is 15.8. The summed E-state index contributed by atoms with van der Waals surface area (Å²) in [5, 5.41) is 13.8. The lowest BCUT2D eigenvalue weighted by atomic mass is 10.1. The summed E-state index contributed by atoms with van der Waals surface area (Å²) in [6.45, 7) is 11.3. The Morgan fingerprint density at radius 1 is 1.31 bits per heavy atom. The van der Waals surface area contributed by atoms with Crippen LogP contribution in [0.1, 0.15) is 24.2 Å². The van der Waals surface area contributed by atoms with E-state index < -0.39 is 11.5 Å². The molecule has 1 heterocycles. The van der Waals surface area contributed by atoms with E-state index in [0.29, 0.717) is 17.4 Å². The average molecular weight is 358 g/mol. The summed E-state index contributed by atoms with van der Waals surface area (Å²) < 4.78 is 2.28. The SMILES string of the molecule is C=CCn1c(=O)c(C(=O)NCC[N+](C)(CC)CC)c(O)c2ccccc21. The van der Waals surface area contributed by atoms with Gasteiger partial charge >= 0.3 is 0 Å². The number of nitrogens with zero attached hydrogens (tertiary/aromatic N) is 2. The minimum atomic E-state index is -0.546. The van der Waals surface area contributed by atoms with Crippen molar-refractivity contribution in [3.05, 3.63) is 52.8 Å². The molecule has 26 heavy (non-hydrogen) atoms. The number of aromatic hydroxyl groups is 1. The van der Waals surface area contributed by atoms with E-state index in [1.807, 2.05) is 0 Å². The number of aromatic nitrogens is 1. The van der Waals surface area contributed by atoms with E-state index in [-0.39, 0.29) is 17.9 Å². The van der Waals surface area contributed by atoms with Crippen molar-refractivity contribution < 1.29 is 14.4 Å². The largest absolute Gasteiger partial charge is 0.506 e. The third-order valence-corrected chi connectivity index (χ3v) is 5.15. The Hall–Kier alpha value is -2.60. The second kappa shape index (κ2) is 8.19. The van der Waals surface area contributed by atoms with Crippen LogP contribution in [-0.2, 0) is 6.54 Å². The summed E-state index contributed by atoms with van der Waals surface area (Å²) in [7, 11) is 2.12. The van der Waals surface area contributed by atoms with Crippen molar-refractivity contribution in [1.29, 1.82) is 0 Å². The highest BCUT2D eigenvalue weighted by molar-refractivity contribution is 6.02. The summed E-state index contributed by atoms with van der Waals surface area (Å²) in [5.74, 6) is -0.818. The number of para-hydroxylation sites is 1. The van der Waals surface area contributed by atoms with E-state index in [0.717, 1.165) is 24.1 Å². The molecule has 1 aromatic heterocycles. The molecule has 6 heteroatoms. The van der Waals surface area contributed by atoms with Gasteiger partial charge in [0, 0.05) is 11.9 Å². The number of nitrogens with one attached hydrogen (secondary N) is 1. The van der Waals surface area contributed by atoms with Crippen LogP contribution in [0.3, 0.4) is 0 Å². The Kier molecular flexibility index (Phi) is 6.21. The Morgan fingerprint density at radius 2 is 1.96 bits per heavy atom. The molecule has 1 aromatic carbocycles. The molecule has 0 bridgehead atoms. The zero-order valence-electron chi connectivity index (χ0n) is 15.8. The maximum absolute atomic E-state index is 12.8. The maximum Gasteiger partial charge on any atom is 0.268 e. The summed E-state index contributed by atoms with van der Waals surface area (Å²) in [4.78, 5) is 25.4. The highest BCUT2D eigenvalue weighted by Crippen LogP contribution is 2.26. The van der Waals surface area contributed by atoms with Crippen LogP contribution >= 0.6 is 0 Å². The second-order valence-corrected chi connectivity index (χ2v) is 6.68. The molecule has 140 valence electrons. The molecule has 0 aliphatic heterocycles. The summed E-state index contributed by atoms with van der Waals surface area (Å²) in [5.41, 5.74) is -0.151. The second-order valence-electron chi connectivity index (χ2n) is 6.68. The van der Waals surface area contributed by atoms with Crippen LogP contribution in [0.2, 0.25) is 0 Å². The molecule has 2 rings (SSSR count). The first-order valence-corrected chi connectivity index (χ1v) is 8.95.